The van der Waals surface area contributed by atoms with Crippen molar-refractivity contribution in [1.82, 2.24) is 5.32 Å². The van der Waals surface area contributed by atoms with Crippen molar-refractivity contribution in [2.24, 2.45) is 0 Å². The standard InChI is InChI=1S/C11H15FN2O2/c1-13-6-3-7-14-10-8(11(15)16)4-2-5-9(10)12/h2,4-5,13-14H,3,6-7H2,1H3,(H,15,16). The fourth-order valence-electron chi connectivity index (χ4n) is 1.36. The molecule has 1 aromatic carbocycles. The molecule has 0 aliphatic heterocycles. The van der Waals surface area contributed by atoms with Gasteiger partial charge in [-0.3, -0.25) is 0 Å². The van der Waals surface area contributed by atoms with Gasteiger partial charge in [0.05, 0.1) is 11.3 Å². The molecule has 4 nitrogen and oxygen atoms in total. The normalized spacial score (nSPS) is 10.1. The van der Waals surface area contributed by atoms with Crippen molar-refractivity contribution in [3.8, 4) is 0 Å². The number of hydrogen-bond acceptors (Lipinski definition) is 3. The second-order valence-electron chi connectivity index (χ2n) is 3.35. The van der Waals surface area contributed by atoms with Gasteiger partial charge in [-0.1, -0.05) is 6.07 Å². The monoisotopic (exact) mass is 226 g/mol. The Morgan fingerprint density at radius 3 is 2.81 bits per heavy atom. The minimum Gasteiger partial charge on any atom is -0.478 e. The summed E-state index contributed by atoms with van der Waals surface area (Å²) in [5.41, 5.74) is 0.0237. The van der Waals surface area contributed by atoms with Crippen molar-refractivity contribution in [2.45, 2.75) is 6.42 Å². The Bertz CT molecular complexity index is 369. The van der Waals surface area contributed by atoms with E-state index in [-0.39, 0.29) is 11.3 Å². The highest BCUT2D eigenvalue weighted by Gasteiger charge is 2.13. The fourth-order valence-corrected chi connectivity index (χ4v) is 1.36. The highest BCUT2D eigenvalue weighted by molar-refractivity contribution is 5.94. The molecule has 0 saturated carbocycles. The zero-order chi connectivity index (χ0) is 12.0. The van der Waals surface area contributed by atoms with Crippen molar-refractivity contribution in [2.75, 3.05) is 25.5 Å². The zero-order valence-corrected chi connectivity index (χ0v) is 9.09. The van der Waals surface area contributed by atoms with Crippen LogP contribution in [0.5, 0.6) is 0 Å². The highest BCUT2D eigenvalue weighted by Crippen LogP contribution is 2.19. The van der Waals surface area contributed by atoms with Crippen LogP contribution in [-0.2, 0) is 0 Å². The van der Waals surface area contributed by atoms with E-state index in [4.69, 9.17) is 5.11 Å². The van der Waals surface area contributed by atoms with Gasteiger partial charge in [0, 0.05) is 6.54 Å². The van der Waals surface area contributed by atoms with Gasteiger partial charge in [-0.2, -0.15) is 0 Å². The summed E-state index contributed by atoms with van der Waals surface area (Å²) in [7, 11) is 1.83. The van der Waals surface area contributed by atoms with Crippen LogP contribution in [0, 0.1) is 5.82 Å². The maximum Gasteiger partial charge on any atom is 0.337 e. The summed E-state index contributed by atoms with van der Waals surface area (Å²) in [6.45, 7) is 1.33. The molecule has 1 rings (SSSR count). The molecule has 0 aromatic heterocycles. The Morgan fingerprint density at radius 1 is 1.44 bits per heavy atom. The summed E-state index contributed by atoms with van der Waals surface area (Å²) in [5.74, 6) is -1.67. The van der Waals surface area contributed by atoms with E-state index < -0.39 is 11.8 Å². The van der Waals surface area contributed by atoms with Crippen LogP contribution < -0.4 is 10.6 Å². The molecule has 0 aliphatic rings. The van der Waals surface area contributed by atoms with Gasteiger partial charge in [0.25, 0.3) is 0 Å². The van der Waals surface area contributed by atoms with E-state index in [1.165, 1.54) is 18.2 Å². The number of benzene rings is 1. The predicted molar refractivity (Wildman–Crippen MR) is 60.4 cm³/mol. The smallest absolute Gasteiger partial charge is 0.337 e. The summed E-state index contributed by atoms with van der Waals surface area (Å²) < 4.78 is 13.4. The second kappa shape index (κ2) is 6.07. The molecule has 88 valence electrons. The molecule has 5 heteroatoms. The molecule has 0 heterocycles. The minimum absolute atomic E-state index is 0.0375. The number of halogens is 1. The van der Waals surface area contributed by atoms with Gasteiger partial charge in [-0.15, -0.1) is 0 Å². The summed E-state index contributed by atoms with van der Waals surface area (Å²) in [6.07, 6.45) is 0.796. The summed E-state index contributed by atoms with van der Waals surface area (Å²) in [4.78, 5) is 10.8. The maximum atomic E-state index is 13.4. The zero-order valence-electron chi connectivity index (χ0n) is 9.09. The number of carboxylic acids is 1. The first-order valence-electron chi connectivity index (χ1n) is 5.07. The number of carboxylic acid groups (broad SMARTS) is 1. The molecule has 0 saturated heterocycles. The molecule has 0 atom stereocenters. The lowest BCUT2D eigenvalue weighted by Gasteiger charge is -2.10. The van der Waals surface area contributed by atoms with Crippen LogP contribution in [-0.4, -0.2) is 31.2 Å². The highest BCUT2D eigenvalue weighted by atomic mass is 19.1. The molecule has 3 N–H and O–H groups in total. The summed E-state index contributed by atoms with van der Waals surface area (Å²) in [5, 5.41) is 14.6. The lowest BCUT2D eigenvalue weighted by Crippen LogP contribution is -2.15. The molecule has 16 heavy (non-hydrogen) atoms. The van der Waals surface area contributed by atoms with Crippen LogP contribution in [0.15, 0.2) is 18.2 Å². The quantitative estimate of drug-likeness (QED) is 0.644. The molecule has 0 spiro atoms. The van der Waals surface area contributed by atoms with Gasteiger partial charge in [-0.25, -0.2) is 9.18 Å². The first kappa shape index (κ1) is 12.4. The molecule has 0 amide bonds. The second-order valence-corrected chi connectivity index (χ2v) is 3.35. The number of carbonyl (C=O) groups is 1. The van der Waals surface area contributed by atoms with Gasteiger partial charge >= 0.3 is 5.97 Å². The number of hydrogen-bond donors (Lipinski definition) is 3. The van der Waals surface area contributed by atoms with Crippen molar-refractivity contribution in [3.63, 3.8) is 0 Å². The SMILES string of the molecule is CNCCCNc1c(F)cccc1C(=O)O. The van der Waals surface area contributed by atoms with Crippen LogP contribution in [0.4, 0.5) is 10.1 Å². The molecule has 0 unspecified atom stereocenters. The largest absolute Gasteiger partial charge is 0.478 e. The molecular weight excluding hydrogens is 211 g/mol. The van der Waals surface area contributed by atoms with Gasteiger partial charge in [0.1, 0.15) is 5.82 Å². The number of rotatable bonds is 6. The fraction of sp³-hybridized carbons (Fsp3) is 0.364. The van der Waals surface area contributed by atoms with Crippen molar-refractivity contribution >= 4 is 11.7 Å². The van der Waals surface area contributed by atoms with E-state index in [0.29, 0.717) is 6.54 Å². The Labute approximate surface area is 93.5 Å². The summed E-state index contributed by atoms with van der Waals surface area (Å²) >= 11 is 0. The van der Waals surface area contributed by atoms with Gasteiger partial charge in [0.2, 0.25) is 0 Å². The van der Waals surface area contributed by atoms with Crippen LogP contribution >= 0.6 is 0 Å². The molecule has 0 radical (unpaired) electrons. The van der Waals surface area contributed by atoms with Crippen molar-refractivity contribution < 1.29 is 14.3 Å². The lowest BCUT2D eigenvalue weighted by molar-refractivity contribution is 0.0697. The van der Waals surface area contributed by atoms with Crippen LogP contribution in [0.1, 0.15) is 16.8 Å². The third-order valence-corrected chi connectivity index (χ3v) is 2.15. The number of para-hydroxylation sites is 1. The average Bonchev–Trinajstić information content (AvgIpc) is 2.25. The number of anilines is 1. The minimum atomic E-state index is -1.13. The molecule has 0 aliphatic carbocycles. The Balaban J connectivity index is 2.73. The van der Waals surface area contributed by atoms with E-state index in [1.807, 2.05) is 7.05 Å². The van der Waals surface area contributed by atoms with Crippen LogP contribution in [0.3, 0.4) is 0 Å². The van der Waals surface area contributed by atoms with E-state index in [2.05, 4.69) is 10.6 Å². The number of aromatic carboxylic acids is 1. The van der Waals surface area contributed by atoms with E-state index in [1.54, 1.807) is 0 Å². The number of nitrogens with one attached hydrogen (secondary N) is 2. The maximum absolute atomic E-state index is 13.4. The summed E-state index contributed by atoms with van der Waals surface area (Å²) in [6, 6.07) is 4.01. The lowest BCUT2D eigenvalue weighted by atomic mass is 10.1. The predicted octanol–water partition coefficient (Wildman–Crippen LogP) is 1.55. The molecule has 0 bridgehead atoms. The first-order chi connectivity index (χ1) is 7.66. The van der Waals surface area contributed by atoms with Gasteiger partial charge in [-0.05, 0) is 32.1 Å². The van der Waals surface area contributed by atoms with E-state index >= 15 is 0 Å². The molecule has 1 aromatic rings. The molecular formula is C11H15FN2O2. The molecule has 0 fully saturated rings. The topological polar surface area (TPSA) is 61.4 Å². The Kier molecular flexibility index (Phi) is 4.72. The average molecular weight is 226 g/mol. The van der Waals surface area contributed by atoms with Crippen molar-refractivity contribution in [3.05, 3.63) is 29.6 Å². The van der Waals surface area contributed by atoms with Gasteiger partial charge < -0.3 is 15.7 Å². The van der Waals surface area contributed by atoms with E-state index in [0.717, 1.165) is 13.0 Å². The third-order valence-electron chi connectivity index (χ3n) is 2.15. The Morgan fingerprint density at radius 2 is 2.19 bits per heavy atom. The van der Waals surface area contributed by atoms with Crippen LogP contribution in [0.2, 0.25) is 0 Å². The van der Waals surface area contributed by atoms with Crippen LogP contribution in [0.25, 0.3) is 0 Å². The van der Waals surface area contributed by atoms with Gasteiger partial charge in [0.15, 0.2) is 0 Å². The Hall–Kier alpha value is -1.62. The third kappa shape index (κ3) is 3.20. The van der Waals surface area contributed by atoms with E-state index in [9.17, 15) is 9.18 Å². The first-order valence-corrected chi connectivity index (χ1v) is 5.07. The van der Waals surface area contributed by atoms with Crippen molar-refractivity contribution in [1.29, 1.82) is 0 Å².